The molecule has 15 nitrogen and oxygen atoms in total. The summed E-state index contributed by atoms with van der Waals surface area (Å²) in [5.41, 5.74) is 6.43. The Morgan fingerprint density at radius 1 is 0.833 bits per heavy atom. The number of ether oxygens (including phenoxy) is 1. The Labute approximate surface area is 358 Å². The molecule has 3 aliphatic rings. The van der Waals surface area contributed by atoms with E-state index >= 15 is 0 Å². The molecule has 4 heterocycles. The van der Waals surface area contributed by atoms with Crippen LogP contribution in [0.3, 0.4) is 0 Å². The van der Waals surface area contributed by atoms with Crippen molar-refractivity contribution in [2.75, 3.05) is 83.9 Å². The number of piperazine rings is 2. The van der Waals surface area contributed by atoms with Crippen molar-refractivity contribution in [3.8, 4) is 0 Å². The number of nitrogens with one attached hydrogen (secondary N) is 2. The number of rotatable bonds is 11. The van der Waals surface area contributed by atoms with Gasteiger partial charge in [-0.25, -0.2) is 14.2 Å². The third kappa shape index (κ3) is 11.5. The smallest absolute Gasteiger partial charge is 0.412 e. The number of hydrogen-bond acceptors (Lipinski definition) is 10. The van der Waals surface area contributed by atoms with E-state index in [1.165, 1.54) is 24.4 Å². The highest BCUT2D eigenvalue weighted by Crippen LogP contribution is 2.26. The van der Waals surface area contributed by atoms with Gasteiger partial charge in [0, 0.05) is 106 Å². The van der Waals surface area contributed by atoms with Gasteiger partial charge in [0.25, 0.3) is 11.8 Å². The lowest BCUT2D eigenvalue weighted by Crippen LogP contribution is -2.55. The number of nitrogens with zero attached hydrogens (tertiary/aromatic N) is 6. The molecule has 4 N–H and O–H groups in total. The second-order valence-electron chi connectivity index (χ2n) is 16.5. The van der Waals surface area contributed by atoms with E-state index in [1.807, 2.05) is 0 Å². The lowest BCUT2D eigenvalue weighted by molar-refractivity contribution is -0.134. The molecule has 3 saturated heterocycles. The summed E-state index contributed by atoms with van der Waals surface area (Å²) in [5, 5.41) is 11.2. The first-order valence-electron chi connectivity index (χ1n) is 20.3. The van der Waals surface area contributed by atoms with Gasteiger partial charge in [-0.15, -0.1) is 0 Å². The van der Waals surface area contributed by atoms with Crippen molar-refractivity contribution in [2.45, 2.75) is 45.6 Å². The SMILES string of the molecule is CC(C)(C)OC(=O)Nc1cc(Br)cnc1C(=O)N1CCC(CN2CCN(CC(=O)N3CCN(C(=O)c4cc(CC(=N)c5ccccc5C(N)=O)ccc4F)CC3)CC2)CC1. The highest BCUT2D eigenvalue weighted by Gasteiger charge is 2.31. The van der Waals surface area contributed by atoms with E-state index in [9.17, 15) is 28.4 Å². The van der Waals surface area contributed by atoms with Gasteiger partial charge >= 0.3 is 6.09 Å². The van der Waals surface area contributed by atoms with Crippen LogP contribution in [0.2, 0.25) is 0 Å². The Hall–Kier alpha value is -5.26. The molecule has 1 aromatic heterocycles. The van der Waals surface area contributed by atoms with Crippen molar-refractivity contribution < 1.29 is 33.1 Å². The van der Waals surface area contributed by atoms with Crippen LogP contribution < -0.4 is 11.1 Å². The fraction of sp³-hybridized carbons (Fsp3) is 0.465. The van der Waals surface area contributed by atoms with E-state index in [0.29, 0.717) is 54.2 Å². The van der Waals surface area contributed by atoms with Crippen LogP contribution in [-0.4, -0.2) is 149 Å². The summed E-state index contributed by atoms with van der Waals surface area (Å²) in [6.45, 7) is 12.1. The summed E-state index contributed by atoms with van der Waals surface area (Å²) < 4.78 is 21.0. The maximum atomic E-state index is 15.0. The zero-order chi connectivity index (χ0) is 43.1. The van der Waals surface area contributed by atoms with Crippen molar-refractivity contribution in [1.29, 1.82) is 5.41 Å². The molecular weight excluding hydrogens is 837 g/mol. The van der Waals surface area contributed by atoms with Gasteiger partial charge in [0.1, 0.15) is 11.4 Å². The van der Waals surface area contributed by atoms with Crippen LogP contribution in [0.25, 0.3) is 0 Å². The first kappa shape index (κ1) is 44.3. The van der Waals surface area contributed by atoms with Crippen LogP contribution >= 0.6 is 15.9 Å². The molecule has 5 amide bonds. The van der Waals surface area contributed by atoms with Gasteiger partial charge in [-0.2, -0.15) is 0 Å². The zero-order valence-corrected chi connectivity index (χ0v) is 35.9. The highest BCUT2D eigenvalue weighted by atomic mass is 79.9. The average molecular weight is 891 g/mol. The minimum absolute atomic E-state index is 0.000219. The van der Waals surface area contributed by atoms with Crippen LogP contribution in [0.4, 0.5) is 14.9 Å². The predicted molar refractivity (Wildman–Crippen MR) is 228 cm³/mol. The Balaban J connectivity index is 0.913. The number of halogens is 2. The quantitative estimate of drug-likeness (QED) is 0.234. The zero-order valence-electron chi connectivity index (χ0n) is 34.3. The fourth-order valence-electron chi connectivity index (χ4n) is 7.81. The lowest BCUT2D eigenvalue weighted by atomic mass is 9.95. The number of hydrogen-bond donors (Lipinski definition) is 3. The molecule has 320 valence electrons. The van der Waals surface area contributed by atoms with Gasteiger partial charge in [-0.3, -0.25) is 29.4 Å². The van der Waals surface area contributed by atoms with Gasteiger partial charge in [0.2, 0.25) is 11.8 Å². The van der Waals surface area contributed by atoms with Crippen molar-refractivity contribution in [3.05, 3.63) is 93.0 Å². The van der Waals surface area contributed by atoms with E-state index in [0.717, 1.165) is 45.6 Å². The van der Waals surface area contributed by atoms with E-state index in [1.54, 1.807) is 65.8 Å². The van der Waals surface area contributed by atoms with E-state index < -0.39 is 29.3 Å². The predicted octanol–water partition coefficient (Wildman–Crippen LogP) is 4.49. The number of pyridine rings is 1. The summed E-state index contributed by atoms with van der Waals surface area (Å²) in [6.07, 6.45) is 2.65. The second kappa shape index (κ2) is 19.4. The van der Waals surface area contributed by atoms with Crippen LogP contribution in [-0.2, 0) is 16.0 Å². The van der Waals surface area contributed by atoms with Crippen LogP contribution in [0.1, 0.15) is 75.9 Å². The molecule has 0 saturated carbocycles. The molecule has 3 aromatic rings. The van der Waals surface area contributed by atoms with Crippen molar-refractivity contribution in [1.82, 2.24) is 29.5 Å². The first-order chi connectivity index (χ1) is 28.5. The summed E-state index contributed by atoms with van der Waals surface area (Å²) in [4.78, 5) is 78.6. The number of anilines is 1. The molecule has 0 atom stereocenters. The molecule has 0 bridgehead atoms. The van der Waals surface area contributed by atoms with Crippen LogP contribution in [0.15, 0.2) is 59.2 Å². The molecule has 2 aromatic carbocycles. The maximum absolute atomic E-state index is 15.0. The number of piperidine rings is 1. The molecule has 0 aliphatic carbocycles. The number of carbonyl (C=O) groups is 5. The summed E-state index contributed by atoms with van der Waals surface area (Å²) in [6, 6.07) is 12.4. The standard InChI is InChI=1S/C43H53BrFN9O6/c1-43(2,3)60-42(59)49-36-24-30(44)25-48-38(36)41(58)53-12-10-28(11-13-53)26-50-14-16-51(17-15-50)27-37(55)52-18-20-54(21-19-52)40(57)33-22-29(8-9-34(33)45)23-35(46)31-6-4-5-7-32(31)39(47)56/h4-9,22,24-25,28,46H,10-21,23,26-27H2,1-3H3,(H2,47,56)(H,49,59). The number of likely N-dealkylation sites (tertiary alicyclic amines) is 1. The number of primary amides is 1. The molecule has 60 heavy (non-hydrogen) atoms. The highest BCUT2D eigenvalue weighted by molar-refractivity contribution is 9.10. The number of nitrogens with two attached hydrogens (primary N) is 1. The van der Waals surface area contributed by atoms with Gasteiger partial charge in [0.05, 0.1) is 17.8 Å². The molecule has 6 rings (SSSR count). The van der Waals surface area contributed by atoms with E-state index in [4.69, 9.17) is 15.9 Å². The molecule has 0 spiro atoms. The Kier molecular flexibility index (Phi) is 14.3. The summed E-state index contributed by atoms with van der Waals surface area (Å²) >= 11 is 3.37. The van der Waals surface area contributed by atoms with Crippen molar-refractivity contribution in [3.63, 3.8) is 0 Å². The lowest BCUT2D eigenvalue weighted by Gasteiger charge is -2.40. The van der Waals surface area contributed by atoms with Crippen LogP contribution in [0, 0.1) is 17.1 Å². The van der Waals surface area contributed by atoms with Crippen molar-refractivity contribution in [2.24, 2.45) is 11.7 Å². The monoisotopic (exact) mass is 889 g/mol. The molecule has 17 heteroatoms. The molecule has 0 radical (unpaired) electrons. The largest absolute Gasteiger partial charge is 0.444 e. The normalized spacial score (nSPS) is 17.0. The Bertz CT molecular complexity index is 2110. The Morgan fingerprint density at radius 3 is 2.10 bits per heavy atom. The second-order valence-corrected chi connectivity index (χ2v) is 17.5. The van der Waals surface area contributed by atoms with Gasteiger partial charge < -0.3 is 35.5 Å². The fourth-order valence-corrected chi connectivity index (χ4v) is 8.14. The third-order valence-corrected chi connectivity index (χ3v) is 11.4. The van der Waals surface area contributed by atoms with Crippen LogP contribution in [0.5, 0.6) is 0 Å². The Morgan fingerprint density at radius 2 is 1.45 bits per heavy atom. The van der Waals surface area contributed by atoms with E-state index in [2.05, 4.69) is 36.0 Å². The van der Waals surface area contributed by atoms with E-state index in [-0.39, 0.29) is 59.5 Å². The van der Waals surface area contributed by atoms with Crippen molar-refractivity contribution >= 4 is 57.1 Å². The number of aromatic nitrogens is 1. The molecular formula is C43H53BrFN9O6. The van der Waals surface area contributed by atoms with Gasteiger partial charge in [-0.1, -0.05) is 24.3 Å². The van der Waals surface area contributed by atoms with Gasteiger partial charge in [-0.05, 0) is 85.3 Å². The average Bonchev–Trinajstić information content (AvgIpc) is 3.21. The minimum Gasteiger partial charge on any atom is -0.444 e. The summed E-state index contributed by atoms with van der Waals surface area (Å²) in [7, 11) is 0. The maximum Gasteiger partial charge on any atom is 0.412 e. The summed E-state index contributed by atoms with van der Waals surface area (Å²) in [5.74, 6) is -1.59. The third-order valence-electron chi connectivity index (χ3n) is 11.0. The topological polar surface area (TPSA) is 186 Å². The number of carbonyl (C=O) groups excluding carboxylic acids is 5. The first-order valence-corrected chi connectivity index (χ1v) is 21.1. The van der Waals surface area contributed by atoms with Gasteiger partial charge in [0.15, 0.2) is 5.69 Å². The number of amides is 5. The minimum atomic E-state index is -0.691. The molecule has 3 fully saturated rings. The number of benzene rings is 2. The molecule has 0 unspecified atom stereocenters. The molecule has 3 aliphatic heterocycles.